The van der Waals surface area contributed by atoms with Crippen LogP contribution >= 0.6 is 27.3 Å². The molecule has 0 unspecified atom stereocenters. The number of fused-ring (bicyclic) bond motifs is 1. The van der Waals surface area contributed by atoms with E-state index in [-0.39, 0.29) is 0 Å². The van der Waals surface area contributed by atoms with E-state index in [0.29, 0.717) is 0 Å². The van der Waals surface area contributed by atoms with Crippen LogP contribution in [0.1, 0.15) is 0 Å². The Kier molecular flexibility index (Phi) is 2.11. The minimum absolute atomic E-state index is 0.822. The van der Waals surface area contributed by atoms with Crippen LogP contribution in [0, 0.1) is 0 Å². The van der Waals surface area contributed by atoms with Gasteiger partial charge in [-0.2, -0.15) is 0 Å². The third-order valence-electron chi connectivity index (χ3n) is 2.10. The summed E-state index contributed by atoms with van der Waals surface area (Å²) in [5.41, 5.74) is 0.994. The molecular formula is C11H6BrNOS. The maximum atomic E-state index is 5.32. The summed E-state index contributed by atoms with van der Waals surface area (Å²) in [5, 5.41) is 0.918. The van der Waals surface area contributed by atoms with Crippen LogP contribution in [0.2, 0.25) is 0 Å². The van der Waals surface area contributed by atoms with E-state index in [4.69, 9.17) is 4.42 Å². The number of halogens is 1. The van der Waals surface area contributed by atoms with E-state index in [0.717, 1.165) is 25.5 Å². The van der Waals surface area contributed by atoms with Gasteiger partial charge in [-0.3, -0.25) is 0 Å². The predicted octanol–water partition coefficient (Wildman–Crippen LogP) is 4.32. The SMILES string of the molecule is Brc1cccc2sc(-c3ccco3)nc12. The van der Waals surface area contributed by atoms with Crippen LogP contribution in [-0.2, 0) is 0 Å². The highest BCUT2D eigenvalue weighted by Gasteiger charge is 2.09. The molecule has 0 N–H and O–H groups in total. The van der Waals surface area contributed by atoms with Crippen molar-refractivity contribution < 1.29 is 4.42 Å². The van der Waals surface area contributed by atoms with Crippen molar-refractivity contribution in [3.8, 4) is 10.8 Å². The van der Waals surface area contributed by atoms with Crippen molar-refractivity contribution in [1.29, 1.82) is 0 Å². The molecule has 0 aliphatic carbocycles. The Hall–Kier alpha value is -1.13. The molecule has 0 bridgehead atoms. The van der Waals surface area contributed by atoms with Gasteiger partial charge < -0.3 is 4.42 Å². The van der Waals surface area contributed by atoms with E-state index >= 15 is 0 Å². The quantitative estimate of drug-likeness (QED) is 0.663. The maximum absolute atomic E-state index is 5.32. The zero-order valence-corrected chi connectivity index (χ0v) is 10.0. The summed E-state index contributed by atoms with van der Waals surface area (Å²) in [6.45, 7) is 0. The molecule has 0 atom stereocenters. The lowest BCUT2D eigenvalue weighted by molar-refractivity contribution is 0.582. The molecule has 3 aromatic rings. The van der Waals surface area contributed by atoms with Gasteiger partial charge >= 0.3 is 0 Å². The van der Waals surface area contributed by atoms with E-state index in [2.05, 4.69) is 27.0 Å². The lowest BCUT2D eigenvalue weighted by atomic mass is 10.3. The summed E-state index contributed by atoms with van der Waals surface area (Å²) < 4.78 is 7.51. The monoisotopic (exact) mass is 279 g/mol. The minimum atomic E-state index is 0.822. The zero-order chi connectivity index (χ0) is 10.3. The Morgan fingerprint density at radius 3 is 2.87 bits per heavy atom. The Morgan fingerprint density at radius 1 is 1.20 bits per heavy atom. The Morgan fingerprint density at radius 2 is 2.13 bits per heavy atom. The summed E-state index contributed by atoms with van der Waals surface area (Å²) in [5.74, 6) is 0.822. The molecule has 0 spiro atoms. The fraction of sp³-hybridized carbons (Fsp3) is 0. The second-order valence-electron chi connectivity index (χ2n) is 3.08. The van der Waals surface area contributed by atoms with Crippen molar-refractivity contribution in [1.82, 2.24) is 4.98 Å². The number of furan rings is 1. The van der Waals surface area contributed by atoms with Crippen molar-refractivity contribution in [2.24, 2.45) is 0 Å². The van der Waals surface area contributed by atoms with Gasteiger partial charge in [-0.25, -0.2) is 4.98 Å². The van der Waals surface area contributed by atoms with Crippen molar-refractivity contribution in [3.05, 3.63) is 41.1 Å². The number of nitrogens with zero attached hydrogens (tertiary/aromatic N) is 1. The molecule has 0 aliphatic heterocycles. The molecule has 3 rings (SSSR count). The van der Waals surface area contributed by atoms with Gasteiger partial charge in [0.1, 0.15) is 0 Å². The highest BCUT2D eigenvalue weighted by Crippen LogP contribution is 2.33. The number of para-hydroxylation sites is 1. The zero-order valence-electron chi connectivity index (χ0n) is 7.61. The molecule has 0 amide bonds. The number of hydrogen-bond acceptors (Lipinski definition) is 3. The molecule has 2 aromatic heterocycles. The molecule has 0 aliphatic rings. The van der Waals surface area contributed by atoms with Gasteiger partial charge in [-0.1, -0.05) is 6.07 Å². The highest BCUT2D eigenvalue weighted by atomic mass is 79.9. The van der Waals surface area contributed by atoms with Gasteiger partial charge in [0.15, 0.2) is 10.8 Å². The lowest BCUT2D eigenvalue weighted by Gasteiger charge is -1.88. The third-order valence-corrected chi connectivity index (χ3v) is 3.78. The van der Waals surface area contributed by atoms with Gasteiger partial charge in [-0.15, -0.1) is 11.3 Å². The topological polar surface area (TPSA) is 26.0 Å². The van der Waals surface area contributed by atoms with Gasteiger partial charge in [0.05, 0.1) is 16.5 Å². The first-order valence-electron chi connectivity index (χ1n) is 4.43. The second-order valence-corrected chi connectivity index (χ2v) is 4.97. The summed E-state index contributed by atoms with van der Waals surface area (Å²) in [4.78, 5) is 4.53. The molecule has 0 fully saturated rings. The first-order chi connectivity index (χ1) is 7.34. The van der Waals surface area contributed by atoms with E-state index in [1.165, 1.54) is 0 Å². The van der Waals surface area contributed by atoms with Crippen molar-refractivity contribution in [2.45, 2.75) is 0 Å². The van der Waals surface area contributed by atoms with E-state index in [1.54, 1.807) is 17.6 Å². The second kappa shape index (κ2) is 3.47. The minimum Gasteiger partial charge on any atom is -0.462 e. The van der Waals surface area contributed by atoms with Crippen LogP contribution in [0.5, 0.6) is 0 Å². The third kappa shape index (κ3) is 1.50. The average molecular weight is 280 g/mol. The normalized spacial score (nSPS) is 11.0. The summed E-state index contributed by atoms with van der Waals surface area (Å²) >= 11 is 5.12. The fourth-order valence-corrected chi connectivity index (χ4v) is 2.97. The van der Waals surface area contributed by atoms with Crippen molar-refractivity contribution in [2.75, 3.05) is 0 Å². The van der Waals surface area contributed by atoms with Crippen LogP contribution in [0.25, 0.3) is 21.0 Å². The van der Waals surface area contributed by atoms with Crippen LogP contribution in [0.4, 0.5) is 0 Å². The summed E-state index contributed by atoms with van der Waals surface area (Å²) in [6.07, 6.45) is 1.66. The fourth-order valence-electron chi connectivity index (χ4n) is 1.42. The molecule has 2 heterocycles. The van der Waals surface area contributed by atoms with Gasteiger partial charge in [-0.05, 0) is 40.2 Å². The molecule has 0 radical (unpaired) electrons. The number of thiazole rings is 1. The largest absolute Gasteiger partial charge is 0.462 e. The van der Waals surface area contributed by atoms with E-state index in [9.17, 15) is 0 Å². The molecule has 74 valence electrons. The Balaban J connectivity index is 2.27. The van der Waals surface area contributed by atoms with Crippen molar-refractivity contribution >= 4 is 37.5 Å². The molecule has 0 saturated carbocycles. The molecule has 15 heavy (non-hydrogen) atoms. The first kappa shape index (κ1) is 9.12. The number of rotatable bonds is 1. The number of benzene rings is 1. The van der Waals surface area contributed by atoms with Gasteiger partial charge in [0.25, 0.3) is 0 Å². The predicted molar refractivity (Wildman–Crippen MR) is 65.0 cm³/mol. The summed E-state index contributed by atoms with van der Waals surface area (Å²) in [7, 11) is 0. The summed E-state index contributed by atoms with van der Waals surface area (Å²) in [6, 6.07) is 9.86. The molecular weight excluding hydrogens is 274 g/mol. The average Bonchev–Trinajstić information content (AvgIpc) is 2.86. The van der Waals surface area contributed by atoms with Crippen LogP contribution in [-0.4, -0.2) is 4.98 Å². The Labute approximate surface area is 98.7 Å². The standard InChI is InChI=1S/C11H6BrNOS/c12-7-3-1-5-9-10(7)13-11(15-9)8-4-2-6-14-8/h1-6H. The highest BCUT2D eigenvalue weighted by molar-refractivity contribution is 9.10. The van der Waals surface area contributed by atoms with Gasteiger partial charge in [0.2, 0.25) is 0 Å². The molecule has 0 saturated heterocycles. The number of hydrogen-bond donors (Lipinski definition) is 0. The molecule has 4 heteroatoms. The number of aromatic nitrogens is 1. The van der Waals surface area contributed by atoms with Crippen LogP contribution in [0.3, 0.4) is 0 Å². The lowest BCUT2D eigenvalue weighted by Crippen LogP contribution is -1.71. The molecule has 1 aromatic carbocycles. The van der Waals surface area contributed by atoms with E-state index in [1.807, 2.05) is 24.3 Å². The molecule has 2 nitrogen and oxygen atoms in total. The van der Waals surface area contributed by atoms with Gasteiger partial charge in [0, 0.05) is 4.47 Å². The van der Waals surface area contributed by atoms with E-state index < -0.39 is 0 Å². The van der Waals surface area contributed by atoms with Crippen LogP contribution in [0.15, 0.2) is 45.5 Å². The maximum Gasteiger partial charge on any atom is 0.162 e. The van der Waals surface area contributed by atoms with Crippen molar-refractivity contribution in [3.63, 3.8) is 0 Å². The first-order valence-corrected chi connectivity index (χ1v) is 6.04. The smallest absolute Gasteiger partial charge is 0.162 e. The van der Waals surface area contributed by atoms with Crippen LogP contribution < -0.4 is 0 Å². The Bertz CT molecular complexity index is 600.